The van der Waals surface area contributed by atoms with Gasteiger partial charge in [0.15, 0.2) is 0 Å². The second kappa shape index (κ2) is 4.66. The summed E-state index contributed by atoms with van der Waals surface area (Å²) < 4.78 is 0. The predicted octanol–water partition coefficient (Wildman–Crippen LogP) is 3.93. The molecule has 0 aliphatic heterocycles. The number of allylic oxidation sites excluding steroid dienone is 1. The van der Waals surface area contributed by atoms with Gasteiger partial charge < -0.3 is 0 Å². The summed E-state index contributed by atoms with van der Waals surface area (Å²) in [7, 11) is 0. The molecule has 0 saturated heterocycles. The van der Waals surface area contributed by atoms with Crippen molar-refractivity contribution in [3.8, 4) is 0 Å². The molecule has 0 aliphatic carbocycles. The minimum Gasteiger partial charge on any atom is -0.0984 e. The van der Waals surface area contributed by atoms with Crippen LogP contribution >= 0.6 is 0 Å². The molecule has 13 heavy (non-hydrogen) atoms. The Morgan fingerprint density at radius 3 is 2.62 bits per heavy atom. The van der Waals surface area contributed by atoms with Crippen LogP contribution in [0.2, 0.25) is 0 Å². The molecule has 0 aromatic heterocycles. The Bertz CT molecular complexity index is 319. The second-order valence-corrected chi connectivity index (χ2v) is 3.02. The zero-order valence-electron chi connectivity index (χ0n) is 8.38. The van der Waals surface area contributed by atoms with E-state index in [1.54, 1.807) is 0 Å². The van der Waals surface area contributed by atoms with Gasteiger partial charge in [0.2, 0.25) is 0 Å². The summed E-state index contributed by atoms with van der Waals surface area (Å²) >= 11 is 0. The molecule has 1 rings (SSSR count). The van der Waals surface area contributed by atoms with Gasteiger partial charge >= 0.3 is 0 Å². The molecule has 0 unspecified atom stereocenters. The van der Waals surface area contributed by atoms with Crippen LogP contribution in [0.25, 0.3) is 12.2 Å². The number of hydrogen-bond acceptors (Lipinski definition) is 0. The quantitative estimate of drug-likeness (QED) is 0.648. The molecule has 0 bridgehead atoms. The van der Waals surface area contributed by atoms with Crippen LogP contribution in [0.5, 0.6) is 0 Å². The van der Waals surface area contributed by atoms with Gasteiger partial charge in [-0.25, -0.2) is 0 Å². The van der Waals surface area contributed by atoms with Gasteiger partial charge in [-0.1, -0.05) is 49.9 Å². The van der Waals surface area contributed by atoms with Crippen molar-refractivity contribution < 1.29 is 0 Å². The predicted molar refractivity (Wildman–Crippen MR) is 60.6 cm³/mol. The first kappa shape index (κ1) is 9.79. The largest absolute Gasteiger partial charge is 0.0984 e. The number of hydrogen-bond donors (Lipinski definition) is 0. The molecular formula is C13H16. The lowest BCUT2D eigenvalue weighted by atomic mass is 10.0. The maximum Gasteiger partial charge on any atom is -0.0185 e. The fraction of sp³-hybridized carbons (Fsp3) is 0.231. The van der Waals surface area contributed by atoms with Gasteiger partial charge in [0.25, 0.3) is 0 Å². The molecule has 0 N–H and O–H groups in total. The lowest BCUT2D eigenvalue weighted by Crippen LogP contribution is -1.85. The van der Waals surface area contributed by atoms with Gasteiger partial charge in [-0.3, -0.25) is 0 Å². The van der Waals surface area contributed by atoms with E-state index in [4.69, 9.17) is 0 Å². The molecule has 68 valence electrons. The SMILES string of the molecule is C=Cc1ccc(CC)cc1/C=C\C. The van der Waals surface area contributed by atoms with Gasteiger partial charge in [-0.05, 0) is 30.0 Å². The maximum atomic E-state index is 3.80. The maximum absolute atomic E-state index is 3.80. The van der Waals surface area contributed by atoms with E-state index in [1.807, 2.05) is 13.0 Å². The van der Waals surface area contributed by atoms with Crippen LogP contribution < -0.4 is 0 Å². The molecule has 1 aromatic rings. The van der Waals surface area contributed by atoms with E-state index < -0.39 is 0 Å². The Kier molecular flexibility index (Phi) is 3.51. The third-order valence-electron chi connectivity index (χ3n) is 2.13. The molecule has 0 fully saturated rings. The number of aryl methyl sites for hydroxylation is 1. The van der Waals surface area contributed by atoms with Crippen LogP contribution in [0.4, 0.5) is 0 Å². The third-order valence-corrected chi connectivity index (χ3v) is 2.13. The van der Waals surface area contributed by atoms with E-state index in [9.17, 15) is 0 Å². The molecule has 0 spiro atoms. The fourth-order valence-corrected chi connectivity index (χ4v) is 1.35. The van der Waals surface area contributed by atoms with E-state index in [2.05, 4.69) is 43.9 Å². The summed E-state index contributed by atoms with van der Waals surface area (Å²) in [6.45, 7) is 8.00. The lowest BCUT2D eigenvalue weighted by Gasteiger charge is -2.03. The molecule has 0 aliphatic rings. The van der Waals surface area contributed by atoms with Crippen LogP contribution in [-0.2, 0) is 6.42 Å². The zero-order valence-corrected chi connectivity index (χ0v) is 8.38. The Morgan fingerprint density at radius 2 is 2.08 bits per heavy atom. The average Bonchev–Trinajstić information content (AvgIpc) is 2.18. The highest BCUT2D eigenvalue weighted by Gasteiger charge is 1.96. The normalized spacial score (nSPS) is 10.6. The molecule has 0 saturated carbocycles. The highest BCUT2D eigenvalue weighted by atomic mass is 14.0. The van der Waals surface area contributed by atoms with Gasteiger partial charge in [0.05, 0.1) is 0 Å². The van der Waals surface area contributed by atoms with Crippen molar-refractivity contribution in [2.45, 2.75) is 20.3 Å². The van der Waals surface area contributed by atoms with Gasteiger partial charge in [0.1, 0.15) is 0 Å². The Labute approximate surface area is 80.6 Å². The lowest BCUT2D eigenvalue weighted by molar-refractivity contribution is 1.14. The molecule has 0 radical (unpaired) electrons. The number of rotatable bonds is 3. The molecule has 0 atom stereocenters. The van der Waals surface area contributed by atoms with Gasteiger partial charge in [-0.2, -0.15) is 0 Å². The van der Waals surface area contributed by atoms with Crippen molar-refractivity contribution in [3.05, 3.63) is 47.5 Å². The smallest absolute Gasteiger partial charge is 0.0185 e. The van der Waals surface area contributed by atoms with Crippen LogP contribution in [0.15, 0.2) is 30.9 Å². The van der Waals surface area contributed by atoms with Crippen LogP contribution in [0, 0.1) is 0 Å². The highest BCUT2D eigenvalue weighted by molar-refractivity contribution is 5.64. The Hall–Kier alpha value is -1.30. The number of benzene rings is 1. The summed E-state index contributed by atoms with van der Waals surface area (Å²) in [4.78, 5) is 0. The van der Waals surface area contributed by atoms with Crippen molar-refractivity contribution in [1.29, 1.82) is 0 Å². The Morgan fingerprint density at radius 1 is 1.31 bits per heavy atom. The third kappa shape index (κ3) is 2.32. The van der Waals surface area contributed by atoms with E-state index in [0.717, 1.165) is 6.42 Å². The summed E-state index contributed by atoms with van der Waals surface area (Å²) in [5, 5.41) is 0. The van der Waals surface area contributed by atoms with Crippen molar-refractivity contribution >= 4 is 12.2 Å². The molecule has 0 amide bonds. The van der Waals surface area contributed by atoms with Gasteiger partial charge in [0, 0.05) is 0 Å². The van der Waals surface area contributed by atoms with Gasteiger partial charge in [-0.15, -0.1) is 0 Å². The van der Waals surface area contributed by atoms with Crippen LogP contribution in [0.1, 0.15) is 30.5 Å². The van der Waals surface area contributed by atoms with Crippen LogP contribution in [0.3, 0.4) is 0 Å². The first-order valence-electron chi connectivity index (χ1n) is 4.69. The van der Waals surface area contributed by atoms with E-state index in [1.165, 1.54) is 16.7 Å². The summed E-state index contributed by atoms with van der Waals surface area (Å²) in [6.07, 6.45) is 7.16. The van der Waals surface area contributed by atoms with Crippen molar-refractivity contribution in [3.63, 3.8) is 0 Å². The minimum atomic E-state index is 1.09. The summed E-state index contributed by atoms with van der Waals surface area (Å²) in [6, 6.07) is 6.50. The standard InChI is InChI=1S/C13H16/c1-4-7-13-10-11(5-2)8-9-12(13)6-3/h4,6-10H,3,5H2,1-2H3/b7-4-. The molecule has 0 heteroatoms. The zero-order chi connectivity index (χ0) is 9.68. The topological polar surface area (TPSA) is 0 Å². The minimum absolute atomic E-state index is 1.09. The summed E-state index contributed by atoms with van der Waals surface area (Å²) in [5.74, 6) is 0. The van der Waals surface area contributed by atoms with Crippen molar-refractivity contribution in [2.75, 3.05) is 0 Å². The molecule has 0 nitrogen and oxygen atoms in total. The first-order chi connectivity index (χ1) is 6.31. The highest BCUT2D eigenvalue weighted by Crippen LogP contribution is 2.15. The van der Waals surface area contributed by atoms with E-state index >= 15 is 0 Å². The van der Waals surface area contributed by atoms with Crippen molar-refractivity contribution in [1.82, 2.24) is 0 Å². The average molecular weight is 172 g/mol. The fourth-order valence-electron chi connectivity index (χ4n) is 1.35. The summed E-state index contributed by atoms with van der Waals surface area (Å²) in [5.41, 5.74) is 3.84. The Balaban J connectivity index is 3.17. The van der Waals surface area contributed by atoms with E-state index in [-0.39, 0.29) is 0 Å². The van der Waals surface area contributed by atoms with Crippen LogP contribution in [-0.4, -0.2) is 0 Å². The first-order valence-corrected chi connectivity index (χ1v) is 4.69. The molecule has 0 heterocycles. The monoisotopic (exact) mass is 172 g/mol. The second-order valence-electron chi connectivity index (χ2n) is 3.02. The molecular weight excluding hydrogens is 156 g/mol. The van der Waals surface area contributed by atoms with Crippen molar-refractivity contribution in [2.24, 2.45) is 0 Å². The molecule has 1 aromatic carbocycles. The van der Waals surface area contributed by atoms with E-state index in [0.29, 0.717) is 0 Å².